The van der Waals surface area contributed by atoms with Crippen LogP contribution in [0.2, 0.25) is 0 Å². The first-order valence-corrected chi connectivity index (χ1v) is 8.88. The molecule has 0 aliphatic rings. The van der Waals surface area contributed by atoms with Crippen LogP contribution in [0.25, 0.3) is 0 Å². The van der Waals surface area contributed by atoms with Gasteiger partial charge in [0.05, 0.1) is 16.8 Å². The summed E-state index contributed by atoms with van der Waals surface area (Å²) >= 11 is 1.31. The van der Waals surface area contributed by atoms with E-state index in [9.17, 15) is 14.0 Å². The molecule has 138 valence electrons. The van der Waals surface area contributed by atoms with Crippen molar-refractivity contribution in [2.45, 2.75) is 17.7 Å². The summed E-state index contributed by atoms with van der Waals surface area (Å²) in [5, 5.41) is 4.36. The second-order valence-electron chi connectivity index (χ2n) is 5.46. The van der Waals surface area contributed by atoms with Crippen molar-refractivity contribution in [1.29, 1.82) is 0 Å². The SMILES string of the molecule is Cc1cc(CSc2ncccc2C(=O)NNC(=O)c2ccccc2F)no1. The minimum absolute atomic E-state index is 0.167. The molecule has 9 heteroatoms. The molecule has 0 atom stereocenters. The van der Waals surface area contributed by atoms with E-state index < -0.39 is 17.6 Å². The molecule has 2 N–H and O–H groups in total. The number of aromatic nitrogens is 2. The number of hydrazine groups is 1. The van der Waals surface area contributed by atoms with Gasteiger partial charge in [-0.3, -0.25) is 20.4 Å². The lowest BCUT2D eigenvalue weighted by atomic mass is 10.2. The standard InChI is InChI=1S/C18H15FN4O3S/c1-11-9-12(23-26-11)10-27-18-14(6-4-8-20-18)17(25)22-21-16(24)13-5-2-3-7-15(13)19/h2-9H,10H2,1H3,(H,21,24)(H,22,25). The van der Waals surface area contributed by atoms with E-state index in [0.29, 0.717) is 16.5 Å². The van der Waals surface area contributed by atoms with Gasteiger partial charge in [-0.25, -0.2) is 9.37 Å². The van der Waals surface area contributed by atoms with Gasteiger partial charge in [-0.2, -0.15) is 0 Å². The van der Waals surface area contributed by atoms with Gasteiger partial charge in [0, 0.05) is 18.0 Å². The number of halogens is 1. The molecule has 0 spiro atoms. The minimum atomic E-state index is -0.752. The third kappa shape index (κ3) is 4.70. The molecule has 0 saturated heterocycles. The van der Waals surface area contributed by atoms with Crippen LogP contribution in [0.4, 0.5) is 4.39 Å². The number of benzene rings is 1. The Kier molecular flexibility index (Phi) is 5.82. The van der Waals surface area contributed by atoms with Crippen LogP contribution in [0.3, 0.4) is 0 Å². The zero-order valence-electron chi connectivity index (χ0n) is 14.2. The average Bonchev–Trinajstić information content (AvgIpc) is 3.10. The van der Waals surface area contributed by atoms with E-state index in [4.69, 9.17) is 4.52 Å². The Morgan fingerprint density at radius 1 is 1.11 bits per heavy atom. The largest absolute Gasteiger partial charge is 0.361 e. The fourth-order valence-corrected chi connectivity index (χ4v) is 3.07. The van der Waals surface area contributed by atoms with E-state index in [-0.39, 0.29) is 11.1 Å². The highest BCUT2D eigenvalue weighted by Gasteiger charge is 2.16. The highest BCUT2D eigenvalue weighted by atomic mass is 32.2. The second kappa shape index (κ2) is 8.45. The van der Waals surface area contributed by atoms with Crippen LogP contribution < -0.4 is 10.9 Å². The van der Waals surface area contributed by atoms with E-state index in [1.807, 2.05) is 0 Å². The zero-order chi connectivity index (χ0) is 19.2. The maximum atomic E-state index is 13.6. The van der Waals surface area contributed by atoms with Gasteiger partial charge in [0.2, 0.25) is 0 Å². The summed E-state index contributed by atoms with van der Waals surface area (Å²) in [6, 6.07) is 10.5. The molecular weight excluding hydrogens is 371 g/mol. The summed E-state index contributed by atoms with van der Waals surface area (Å²) < 4.78 is 18.6. The molecule has 3 aromatic rings. The summed E-state index contributed by atoms with van der Waals surface area (Å²) in [6.45, 7) is 1.79. The van der Waals surface area contributed by atoms with Crippen LogP contribution in [0.15, 0.2) is 58.2 Å². The van der Waals surface area contributed by atoms with Crippen LogP contribution in [-0.4, -0.2) is 22.0 Å². The summed E-state index contributed by atoms with van der Waals surface area (Å²) in [5.74, 6) is -0.828. The number of aryl methyl sites for hydroxylation is 1. The second-order valence-corrected chi connectivity index (χ2v) is 6.43. The third-order valence-electron chi connectivity index (χ3n) is 3.46. The number of carbonyl (C=O) groups is 2. The molecule has 1 aromatic carbocycles. The van der Waals surface area contributed by atoms with Gasteiger partial charge in [0.1, 0.15) is 16.6 Å². The average molecular weight is 386 g/mol. The quantitative estimate of drug-likeness (QED) is 0.517. The lowest BCUT2D eigenvalue weighted by Gasteiger charge is -2.10. The Balaban J connectivity index is 1.64. The van der Waals surface area contributed by atoms with Crippen molar-refractivity contribution >= 4 is 23.6 Å². The zero-order valence-corrected chi connectivity index (χ0v) is 15.0. The molecule has 0 saturated carbocycles. The number of hydrogen-bond donors (Lipinski definition) is 2. The molecule has 3 rings (SSSR count). The molecule has 27 heavy (non-hydrogen) atoms. The normalized spacial score (nSPS) is 10.4. The first kappa shape index (κ1) is 18.6. The van der Waals surface area contributed by atoms with Gasteiger partial charge < -0.3 is 4.52 Å². The van der Waals surface area contributed by atoms with Crippen molar-refractivity contribution in [3.63, 3.8) is 0 Å². The Bertz CT molecular complexity index is 977. The smallest absolute Gasteiger partial charge is 0.272 e. The molecule has 2 heterocycles. The Labute approximate surface area is 158 Å². The topological polar surface area (TPSA) is 97.1 Å². The summed E-state index contributed by atoms with van der Waals surface area (Å²) in [6.07, 6.45) is 1.56. The van der Waals surface area contributed by atoms with Gasteiger partial charge in [0.15, 0.2) is 0 Å². The van der Waals surface area contributed by atoms with E-state index in [0.717, 1.165) is 11.8 Å². The molecular formula is C18H15FN4O3S. The Hall–Kier alpha value is -3.20. The van der Waals surface area contributed by atoms with Crippen molar-refractivity contribution in [3.05, 3.63) is 77.1 Å². The molecule has 0 aliphatic heterocycles. The molecule has 0 aliphatic carbocycles. The van der Waals surface area contributed by atoms with Crippen molar-refractivity contribution in [2.75, 3.05) is 0 Å². The summed E-state index contributed by atoms with van der Waals surface area (Å²) in [5.41, 5.74) is 5.31. The van der Waals surface area contributed by atoms with Gasteiger partial charge in [-0.05, 0) is 31.2 Å². The summed E-state index contributed by atoms with van der Waals surface area (Å²) in [4.78, 5) is 28.6. The fourth-order valence-electron chi connectivity index (χ4n) is 2.20. The molecule has 0 bridgehead atoms. The van der Waals surface area contributed by atoms with E-state index in [2.05, 4.69) is 21.0 Å². The van der Waals surface area contributed by atoms with Gasteiger partial charge in [-0.1, -0.05) is 29.1 Å². The molecule has 0 unspecified atom stereocenters. The highest BCUT2D eigenvalue weighted by molar-refractivity contribution is 7.98. The van der Waals surface area contributed by atoms with Crippen LogP contribution >= 0.6 is 11.8 Å². The first-order chi connectivity index (χ1) is 13.0. The molecule has 7 nitrogen and oxygen atoms in total. The molecule has 2 aromatic heterocycles. The minimum Gasteiger partial charge on any atom is -0.361 e. The predicted octanol–water partition coefficient (Wildman–Crippen LogP) is 2.88. The van der Waals surface area contributed by atoms with Crippen molar-refractivity contribution < 1.29 is 18.5 Å². The number of thioether (sulfide) groups is 1. The van der Waals surface area contributed by atoms with Crippen molar-refractivity contribution in [1.82, 2.24) is 21.0 Å². The molecule has 0 fully saturated rings. The van der Waals surface area contributed by atoms with Crippen LogP contribution in [0.5, 0.6) is 0 Å². The predicted molar refractivity (Wildman–Crippen MR) is 96.4 cm³/mol. The van der Waals surface area contributed by atoms with Crippen molar-refractivity contribution in [3.8, 4) is 0 Å². The number of rotatable bonds is 5. The van der Waals surface area contributed by atoms with Crippen LogP contribution in [0, 0.1) is 12.7 Å². The van der Waals surface area contributed by atoms with E-state index in [1.165, 1.54) is 30.0 Å². The van der Waals surface area contributed by atoms with Gasteiger partial charge in [0.25, 0.3) is 11.8 Å². The van der Waals surface area contributed by atoms with Gasteiger partial charge in [-0.15, -0.1) is 0 Å². The van der Waals surface area contributed by atoms with E-state index in [1.54, 1.807) is 31.3 Å². The van der Waals surface area contributed by atoms with Crippen LogP contribution in [0.1, 0.15) is 32.2 Å². The monoisotopic (exact) mass is 386 g/mol. The molecule has 2 amide bonds. The number of nitrogens with zero attached hydrogens (tertiary/aromatic N) is 2. The lowest BCUT2D eigenvalue weighted by molar-refractivity contribution is 0.0842. The Morgan fingerprint density at radius 3 is 2.52 bits per heavy atom. The van der Waals surface area contributed by atoms with Crippen molar-refractivity contribution in [2.24, 2.45) is 0 Å². The number of carbonyl (C=O) groups excluding carboxylic acids is 2. The third-order valence-corrected chi connectivity index (χ3v) is 4.50. The number of amides is 2. The van der Waals surface area contributed by atoms with E-state index >= 15 is 0 Å². The maximum Gasteiger partial charge on any atom is 0.272 e. The first-order valence-electron chi connectivity index (χ1n) is 7.90. The highest BCUT2D eigenvalue weighted by Crippen LogP contribution is 2.24. The Morgan fingerprint density at radius 2 is 1.81 bits per heavy atom. The van der Waals surface area contributed by atoms with Crippen LogP contribution in [-0.2, 0) is 5.75 Å². The molecule has 0 radical (unpaired) electrons. The number of pyridine rings is 1. The lowest BCUT2D eigenvalue weighted by Crippen LogP contribution is -2.42. The number of nitrogens with one attached hydrogen (secondary N) is 2. The van der Waals surface area contributed by atoms with Gasteiger partial charge >= 0.3 is 0 Å². The maximum absolute atomic E-state index is 13.6. The fraction of sp³-hybridized carbons (Fsp3) is 0.111. The summed E-state index contributed by atoms with van der Waals surface area (Å²) in [7, 11) is 0. The number of hydrogen-bond acceptors (Lipinski definition) is 6.